The summed E-state index contributed by atoms with van der Waals surface area (Å²) in [4.78, 5) is 26.5. The summed E-state index contributed by atoms with van der Waals surface area (Å²) in [5.41, 5.74) is 1.93. The quantitative estimate of drug-likeness (QED) is 0.841. The number of hydrogen-bond donors (Lipinski definition) is 2. The molecule has 0 radical (unpaired) electrons. The molecule has 1 saturated carbocycles. The van der Waals surface area contributed by atoms with Gasteiger partial charge in [-0.05, 0) is 49.8 Å². The summed E-state index contributed by atoms with van der Waals surface area (Å²) in [6.07, 6.45) is 5.88. The van der Waals surface area contributed by atoms with E-state index >= 15 is 0 Å². The molecule has 3 rings (SSSR count). The van der Waals surface area contributed by atoms with Crippen LogP contribution in [0.15, 0.2) is 24.3 Å². The van der Waals surface area contributed by atoms with E-state index in [1.54, 1.807) is 0 Å². The number of likely N-dealkylation sites (tertiary alicyclic amines) is 1. The number of aryl methyl sites for hydroxylation is 1. The zero-order valence-corrected chi connectivity index (χ0v) is 14.4. The van der Waals surface area contributed by atoms with Crippen LogP contribution >= 0.6 is 0 Å². The minimum atomic E-state index is -0.176. The van der Waals surface area contributed by atoms with E-state index in [0.29, 0.717) is 12.6 Å². The van der Waals surface area contributed by atoms with E-state index in [9.17, 15) is 9.59 Å². The Hall–Kier alpha value is -1.88. The smallest absolute Gasteiger partial charge is 0.243 e. The second-order valence-corrected chi connectivity index (χ2v) is 6.85. The van der Waals surface area contributed by atoms with E-state index in [1.807, 2.05) is 24.3 Å². The Labute approximate surface area is 143 Å². The Morgan fingerprint density at radius 3 is 2.83 bits per heavy atom. The maximum absolute atomic E-state index is 12.1. The fourth-order valence-electron chi connectivity index (χ4n) is 4.09. The molecule has 2 amide bonds. The van der Waals surface area contributed by atoms with E-state index in [-0.39, 0.29) is 18.4 Å². The molecule has 2 N–H and O–H groups in total. The van der Waals surface area contributed by atoms with Crippen LogP contribution in [0.2, 0.25) is 0 Å². The van der Waals surface area contributed by atoms with Gasteiger partial charge in [0, 0.05) is 11.7 Å². The molecule has 2 atom stereocenters. The summed E-state index contributed by atoms with van der Waals surface area (Å²) in [5, 5.41) is 5.63. The van der Waals surface area contributed by atoms with Crippen molar-refractivity contribution in [3.63, 3.8) is 0 Å². The first-order valence-corrected chi connectivity index (χ1v) is 9.06. The van der Waals surface area contributed by atoms with Gasteiger partial charge in [0.25, 0.3) is 0 Å². The highest BCUT2D eigenvalue weighted by Gasteiger charge is 2.37. The van der Waals surface area contributed by atoms with E-state index in [0.717, 1.165) is 30.1 Å². The van der Waals surface area contributed by atoms with Crippen LogP contribution in [0.3, 0.4) is 0 Å². The third-order valence-corrected chi connectivity index (χ3v) is 5.34. The van der Waals surface area contributed by atoms with Crippen LogP contribution in [0.1, 0.15) is 38.2 Å². The van der Waals surface area contributed by atoms with Gasteiger partial charge in [-0.25, -0.2) is 0 Å². The molecule has 2 fully saturated rings. The van der Waals surface area contributed by atoms with Gasteiger partial charge in [-0.2, -0.15) is 0 Å². The molecule has 0 bridgehead atoms. The first-order valence-electron chi connectivity index (χ1n) is 9.06. The Balaban J connectivity index is 1.43. The number of nitrogens with one attached hydrogen (secondary N) is 2. The normalized spacial score (nSPS) is 23.0. The number of rotatable bonds is 6. The first-order chi connectivity index (χ1) is 11.7. The number of para-hydroxylation sites is 1. The Morgan fingerprint density at radius 1 is 1.17 bits per heavy atom. The van der Waals surface area contributed by atoms with Gasteiger partial charge in [-0.3, -0.25) is 14.5 Å². The molecule has 1 aromatic carbocycles. The largest absolute Gasteiger partial charge is 0.346 e. The van der Waals surface area contributed by atoms with Gasteiger partial charge in [-0.1, -0.05) is 31.5 Å². The number of carbonyl (C=O) groups is 2. The maximum Gasteiger partial charge on any atom is 0.243 e. The summed E-state index contributed by atoms with van der Waals surface area (Å²) in [5.74, 6) is 0.553. The molecule has 1 aliphatic carbocycles. The topological polar surface area (TPSA) is 61.4 Å². The van der Waals surface area contributed by atoms with Crippen molar-refractivity contribution in [2.45, 2.75) is 45.1 Å². The Kier molecular flexibility index (Phi) is 5.51. The zero-order chi connectivity index (χ0) is 16.9. The fraction of sp³-hybridized carbons (Fsp3) is 0.579. The molecule has 1 heterocycles. The number of fused-ring (bicyclic) bond motifs is 1. The lowest BCUT2D eigenvalue weighted by Gasteiger charge is -2.22. The molecule has 0 aromatic heterocycles. The summed E-state index contributed by atoms with van der Waals surface area (Å²) in [7, 11) is 0. The average molecular weight is 329 g/mol. The van der Waals surface area contributed by atoms with Gasteiger partial charge in [0.05, 0.1) is 13.1 Å². The fourth-order valence-corrected chi connectivity index (χ4v) is 4.09. The van der Waals surface area contributed by atoms with Gasteiger partial charge in [-0.15, -0.1) is 0 Å². The van der Waals surface area contributed by atoms with Crippen LogP contribution < -0.4 is 10.6 Å². The summed E-state index contributed by atoms with van der Waals surface area (Å²) >= 11 is 0. The van der Waals surface area contributed by atoms with Crippen molar-refractivity contribution in [1.82, 2.24) is 10.2 Å². The number of anilines is 1. The van der Waals surface area contributed by atoms with Crippen molar-refractivity contribution in [3.05, 3.63) is 29.8 Å². The third kappa shape index (κ3) is 3.96. The van der Waals surface area contributed by atoms with Crippen molar-refractivity contribution in [2.75, 3.05) is 25.0 Å². The van der Waals surface area contributed by atoms with Crippen molar-refractivity contribution < 1.29 is 9.59 Å². The lowest BCUT2D eigenvalue weighted by molar-refractivity contribution is -0.125. The standard InChI is InChI=1S/C19H27N3O2/c1-2-14-6-3-4-8-16(14)21-18(23)12-20-19(24)13-22-11-10-15-7-5-9-17(15)22/h3-4,6,8,15,17H,2,5,7,9-13H2,1H3,(H,20,24)(H,21,23). The molecule has 2 aliphatic rings. The van der Waals surface area contributed by atoms with Crippen LogP contribution in [0.25, 0.3) is 0 Å². The highest BCUT2D eigenvalue weighted by molar-refractivity contribution is 5.95. The summed E-state index contributed by atoms with van der Waals surface area (Å²) < 4.78 is 0. The minimum absolute atomic E-state index is 0.0266. The SMILES string of the molecule is CCc1ccccc1NC(=O)CNC(=O)CN1CCC2CCCC21. The third-order valence-electron chi connectivity index (χ3n) is 5.34. The molecule has 24 heavy (non-hydrogen) atoms. The van der Waals surface area contributed by atoms with Gasteiger partial charge >= 0.3 is 0 Å². The molecule has 0 spiro atoms. The van der Waals surface area contributed by atoms with Gasteiger partial charge in [0.1, 0.15) is 0 Å². The van der Waals surface area contributed by atoms with Gasteiger partial charge < -0.3 is 10.6 Å². The second-order valence-electron chi connectivity index (χ2n) is 6.85. The van der Waals surface area contributed by atoms with Crippen molar-refractivity contribution in [2.24, 2.45) is 5.92 Å². The first kappa shape index (κ1) is 17.0. The predicted molar refractivity (Wildman–Crippen MR) is 94.8 cm³/mol. The molecule has 1 aliphatic heterocycles. The maximum atomic E-state index is 12.1. The molecule has 130 valence electrons. The van der Waals surface area contributed by atoms with E-state index in [2.05, 4.69) is 22.5 Å². The molecular weight excluding hydrogens is 302 g/mol. The Bertz CT molecular complexity index is 602. The van der Waals surface area contributed by atoms with Crippen molar-refractivity contribution in [3.8, 4) is 0 Å². The molecular formula is C19H27N3O2. The molecule has 5 nitrogen and oxygen atoms in total. The molecule has 2 unspecified atom stereocenters. The van der Waals surface area contributed by atoms with Crippen LogP contribution in [0.5, 0.6) is 0 Å². The van der Waals surface area contributed by atoms with E-state index in [4.69, 9.17) is 0 Å². The average Bonchev–Trinajstić information content (AvgIpc) is 3.19. The monoisotopic (exact) mass is 329 g/mol. The lowest BCUT2D eigenvalue weighted by Crippen LogP contribution is -2.42. The molecule has 1 aromatic rings. The van der Waals surface area contributed by atoms with Crippen LogP contribution in [0, 0.1) is 5.92 Å². The van der Waals surface area contributed by atoms with Crippen molar-refractivity contribution in [1.29, 1.82) is 0 Å². The number of hydrogen-bond acceptors (Lipinski definition) is 3. The van der Waals surface area contributed by atoms with Gasteiger partial charge in [0.2, 0.25) is 11.8 Å². The summed E-state index contributed by atoms with van der Waals surface area (Å²) in [6, 6.07) is 8.34. The number of carbonyl (C=O) groups excluding carboxylic acids is 2. The lowest BCUT2D eigenvalue weighted by atomic mass is 10.1. The predicted octanol–water partition coefficient (Wildman–Crippen LogP) is 2.18. The van der Waals surface area contributed by atoms with E-state index in [1.165, 1.54) is 25.7 Å². The Morgan fingerprint density at radius 2 is 2.00 bits per heavy atom. The zero-order valence-electron chi connectivity index (χ0n) is 14.4. The minimum Gasteiger partial charge on any atom is -0.346 e. The van der Waals surface area contributed by atoms with Crippen LogP contribution in [0.4, 0.5) is 5.69 Å². The number of amides is 2. The highest BCUT2D eigenvalue weighted by atomic mass is 16.2. The molecule has 1 saturated heterocycles. The van der Waals surface area contributed by atoms with Crippen molar-refractivity contribution >= 4 is 17.5 Å². The molecule has 5 heteroatoms. The van der Waals surface area contributed by atoms with Gasteiger partial charge in [0.15, 0.2) is 0 Å². The summed E-state index contributed by atoms with van der Waals surface area (Å²) in [6.45, 7) is 3.51. The van der Waals surface area contributed by atoms with E-state index < -0.39 is 0 Å². The number of benzene rings is 1. The second kappa shape index (κ2) is 7.79. The van der Waals surface area contributed by atoms with Crippen LogP contribution in [-0.2, 0) is 16.0 Å². The van der Waals surface area contributed by atoms with Crippen LogP contribution in [-0.4, -0.2) is 42.4 Å². The highest BCUT2D eigenvalue weighted by Crippen LogP contribution is 2.37. The number of nitrogens with zero attached hydrogens (tertiary/aromatic N) is 1.